The van der Waals surface area contributed by atoms with E-state index in [-0.39, 0.29) is 11.3 Å². The van der Waals surface area contributed by atoms with Crippen molar-refractivity contribution in [2.45, 2.75) is 36.5 Å². The fourth-order valence-electron chi connectivity index (χ4n) is 3.43. The second-order valence-corrected chi connectivity index (χ2v) is 10.5. The van der Waals surface area contributed by atoms with Gasteiger partial charge in [0.15, 0.2) is 0 Å². The number of hydrogen-bond acceptors (Lipinski definition) is 5. The molecule has 0 saturated carbocycles. The van der Waals surface area contributed by atoms with Gasteiger partial charge in [-0.25, -0.2) is 13.4 Å². The van der Waals surface area contributed by atoms with Crippen LogP contribution in [0.15, 0.2) is 69.2 Å². The van der Waals surface area contributed by atoms with E-state index >= 15 is 0 Å². The lowest BCUT2D eigenvalue weighted by atomic mass is 10.1. The molecule has 0 bridgehead atoms. The molecule has 0 atom stereocenters. The average molecular weight is 469 g/mol. The van der Waals surface area contributed by atoms with E-state index in [0.717, 1.165) is 39.2 Å². The summed E-state index contributed by atoms with van der Waals surface area (Å²) in [5, 5.41) is 6.65. The van der Waals surface area contributed by atoms with Crippen LogP contribution in [0.1, 0.15) is 26.0 Å². The Morgan fingerprint density at radius 2 is 1.78 bits per heavy atom. The van der Waals surface area contributed by atoms with Gasteiger partial charge in [-0.15, -0.1) is 0 Å². The van der Waals surface area contributed by atoms with Gasteiger partial charge >= 0.3 is 0 Å². The summed E-state index contributed by atoms with van der Waals surface area (Å²) in [4.78, 5) is 19.2. The van der Waals surface area contributed by atoms with E-state index in [9.17, 15) is 13.2 Å². The zero-order chi connectivity index (χ0) is 22.7. The molecule has 2 aromatic carbocycles. The molecular weight excluding hydrogens is 444 g/mol. The molecule has 0 saturated heterocycles. The van der Waals surface area contributed by atoms with Crippen molar-refractivity contribution < 1.29 is 8.42 Å². The summed E-state index contributed by atoms with van der Waals surface area (Å²) in [7, 11) is -3.32. The summed E-state index contributed by atoms with van der Waals surface area (Å²) in [6, 6.07) is 17.0. The maximum Gasteiger partial charge on any atom is 0.273 e. The lowest BCUT2D eigenvalue weighted by Crippen LogP contribution is -2.14. The van der Waals surface area contributed by atoms with Gasteiger partial charge in [-0.1, -0.05) is 43.3 Å². The number of aryl methyl sites for hydroxylation is 1. The van der Waals surface area contributed by atoms with Crippen LogP contribution in [0.3, 0.4) is 0 Å². The molecule has 0 amide bonds. The molecule has 7 nitrogen and oxygen atoms in total. The SMILES string of the molecule is CCCc1[nH][nH]c(=O)c1-c1cc(Sc2ccc(NS(=O)(=O)CC)cc2)c2ccccc2n1. The second kappa shape index (κ2) is 9.22. The maximum atomic E-state index is 12.5. The predicted octanol–water partition coefficient (Wildman–Crippen LogP) is 4.78. The molecule has 0 spiro atoms. The highest BCUT2D eigenvalue weighted by atomic mass is 32.2. The Bertz CT molecular complexity index is 1410. The zero-order valence-electron chi connectivity index (χ0n) is 17.8. The highest BCUT2D eigenvalue weighted by Gasteiger charge is 2.16. The van der Waals surface area contributed by atoms with Gasteiger partial charge in [-0.05, 0) is 49.7 Å². The van der Waals surface area contributed by atoms with E-state index in [2.05, 4.69) is 21.8 Å². The first kappa shape index (κ1) is 22.2. The lowest BCUT2D eigenvalue weighted by molar-refractivity contribution is 0.602. The van der Waals surface area contributed by atoms with Gasteiger partial charge in [0.25, 0.3) is 5.56 Å². The Labute approximate surface area is 190 Å². The predicted molar refractivity (Wildman–Crippen MR) is 130 cm³/mol. The number of pyridine rings is 1. The largest absolute Gasteiger partial charge is 0.302 e. The van der Waals surface area contributed by atoms with E-state index in [1.165, 1.54) is 0 Å². The monoisotopic (exact) mass is 468 g/mol. The number of fused-ring (bicyclic) bond motifs is 1. The minimum atomic E-state index is -3.32. The van der Waals surface area contributed by atoms with Gasteiger partial charge in [0, 0.05) is 26.6 Å². The molecule has 166 valence electrons. The molecule has 0 radical (unpaired) electrons. The third-order valence-electron chi connectivity index (χ3n) is 5.03. The van der Waals surface area contributed by atoms with Crippen molar-refractivity contribution in [1.82, 2.24) is 15.2 Å². The lowest BCUT2D eigenvalue weighted by Gasteiger charge is -2.11. The van der Waals surface area contributed by atoms with Crippen LogP contribution in [0, 0.1) is 0 Å². The third-order valence-corrected chi connectivity index (χ3v) is 7.40. The highest BCUT2D eigenvalue weighted by molar-refractivity contribution is 7.99. The van der Waals surface area contributed by atoms with E-state index < -0.39 is 10.0 Å². The van der Waals surface area contributed by atoms with Crippen molar-refractivity contribution in [3.63, 3.8) is 0 Å². The quantitative estimate of drug-likeness (QED) is 0.345. The molecular formula is C23H24N4O3S2. The minimum absolute atomic E-state index is 0.0214. The van der Waals surface area contributed by atoms with Crippen molar-refractivity contribution in [1.29, 1.82) is 0 Å². The molecule has 4 aromatic rings. The topological polar surface area (TPSA) is 108 Å². The number of anilines is 1. The summed E-state index contributed by atoms with van der Waals surface area (Å²) in [6.45, 7) is 3.66. The minimum Gasteiger partial charge on any atom is -0.302 e. The average Bonchev–Trinajstić information content (AvgIpc) is 3.15. The van der Waals surface area contributed by atoms with E-state index in [1.807, 2.05) is 42.5 Å². The second-order valence-electron chi connectivity index (χ2n) is 7.34. The van der Waals surface area contributed by atoms with E-state index in [0.29, 0.717) is 16.9 Å². The normalized spacial score (nSPS) is 11.7. The summed E-state index contributed by atoms with van der Waals surface area (Å²) >= 11 is 1.55. The first-order chi connectivity index (χ1) is 15.4. The number of aromatic nitrogens is 3. The Kier molecular flexibility index (Phi) is 6.38. The van der Waals surface area contributed by atoms with Crippen molar-refractivity contribution in [3.8, 4) is 11.3 Å². The third kappa shape index (κ3) is 4.73. The molecule has 2 aromatic heterocycles. The fourth-order valence-corrected chi connectivity index (χ4v) is 5.05. The summed E-state index contributed by atoms with van der Waals surface area (Å²) in [5.41, 5.74) is 3.21. The number of benzene rings is 2. The van der Waals surface area contributed by atoms with Gasteiger partial charge in [0.2, 0.25) is 10.0 Å². The first-order valence-corrected chi connectivity index (χ1v) is 12.8. The van der Waals surface area contributed by atoms with Crippen LogP contribution in [0.25, 0.3) is 22.2 Å². The van der Waals surface area contributed by atoms with Crippen LogP contribution >= 0.6 is 11.8 Å². The molecule has 2 heterocycles. The van der Waals surface area contributed by atoms with Gasteiger partial charge in [0.1, 0.15) is 0 Å². The Balaban J connectivity index is 1.73. The molecule has 0 aliphatic rings. The number of para-hydroxylation sites is 1. The summed E-state index contributed by atoms with van der Waals surface area (Å²) in [5.74, 6) is 0.0214. The molecule has 0 aliphatic carbocycles. The number of H-pyrrole nitrogens is 2. The highest BCUT2D eigenvalue weighted by Crippen LogP contribution is 2.36. The molecule has 0 aliphatic heterocycles. The fraction of sp³-hybridized carbons (Fsp3) is 0.217. The number of sulfonamides is 1. The van der Waals surface area contributed by atoms with Gasteiger partial charge < -0.3 is 5.10 Å². The molecule has 32 heavy (non-hydrogen) atoms. The van der Waals surface area contributed by atoms with Crippen molar-refractivity contribution in [2.24, 2.45) is 0 Å². The van der Waals surface area contributed by atoms with E-state index in [1.54, 1.807) is 30.8 Å². The summed E-state index contributed by atoms with van der Waals surface area (Å²) < 4.78 is 26.1. The zero-order valence-corrected chi connectivity index (χ0v) is 19.4. The van der Waals surface area contributed by atoms with Crippen LogP contribution in [0.2, 0.25) is 0 Å². The van der Waals surface area contributed by atoms with Crippen LogP contribution in [0.4, 0.5) is 5.69 Å². The van der Waals surface area contributed by atoms with Crippen LogP contribution in [0.5, 0.6) is 0 Å². The number of hydrogen-bond donors (Lipinski definition) is 3. The number of rotatable bonds is 8. The first-order valence-electron chi connectivity index (χ1n) is 10.4. The Morgan fingerprint density at radius 1 is 1.03 bits per heavy atom. The molecule has 3 N–H and O–H groups in total. The van der Waals surface area contributed by atoms with Crippen LogP contribution in [-0.2, 0) is 16.4 Å². The van der Waals surface area contributed by atoms with E-state index in [4.69, 9.17) is 4.98 Å². The van der Waals surface area contributed by atoms with Gasteiger partial charge in [-0.2, -0.15) is 0 Å². The van der Waals surface area contributed by atoms with Crippen molar-refractivity contribution in [2.75, 3.05) is 10.5 Å². The molecule has 9 heteroatoms. The molecule has 0 unspecified atom stereocenters. The molecule has 4 rings (SSSR count). The smallest absolute Gasteiger partial charge is 0.273 e. The number of nitrogens with zero attached hydrogens (tertiary/aromatic N) is 1. The van der Waals surface area contributed by atoms with Crippen LogP contribution < -0.4 is 10.3 Å². The van der Waals surface area contributed by atoms with Crippen molar-refractivity contribution in [3.05, 3.63) is 70.6 Å². The Hall–Kier alpha value is -3.04. The van der Waals surface area contributed by atoms with Gasteiger partial charge in [0.05, 0.1) is 22.5 Å². The van der Waals surface area contributed by atoms with Crippen LogP contribution in [-0.4, -0.2) is 29.4 Å². The van der Waals surface area contributed by atoms with Crippen molar-refractivity contribution >= 4 is 38.4 Å². The molecule has 0 fully saturated rings. The maximum absolute atomic E-state index is 12.5. The number of nitrogens with one attached hydrogen (secondary N) is 3. The summed E-state index contributed by atoms with van der Waals surface area (Å²) in [6.07, 6.45) is 1.66. The number of aromatic amines is 2. The Morgan fingerprint density at radius 3 is 2.50 bits per heavy atom. The standard InChI is InChI=1S/C23H24N4O3S2/c1-3-7-19-22(23(28)26-25-19)20-14-21(17-8-5-6-9-18(17)24-20)31-16-12-10-15(11-13-16)27-32(29,30)4-2/h5-6,8-14,27H,3-4,7H2,1-2H3,(H2,25,26,28). The van der Waals surface area contributed by atoms with Gasteiger partial charge in [-0.3, -0.25) is 14.6 Å².